The van der Waals surface area contributed by atoms with E-state index in [4.69, 9.17) is 5.11 Å². The van der Waals surface area contributed by atoms with Crippen LogP contribution in [0, 0.1) is 11.8 Å². The van der Waals surface area contributed by atoms with Crippen molar-refractivity contribution in [1.82, 2.24) is 4.98 Å². The highest BCUT2D eigenvalue weighted by Crippen LogP contribution is 2.11. The van der Waals surface area contributed by atoms with E-state index in [-0.39, 0.29) is 6.42 Å². The van der Waals surface area contributed by atoms with Crippen molar-refractivity contribution < 1.29 is 9.90 Å². The molecule has 124 valence electrons. The van der Waals surface area contributed by atoms with E-state index >= 15 is 0 Å². The van der Waals surface area contributed by atoms with Crippen LogP contribution < -0.4 is 5.32 Å². The van der Waals surface area contributed by atoms with Gasteiger partial charge in [-0.2, -0.15) is 0 Å². The quantitative estimate of drug-likeness (QED) is 0.574. The zero-order chi connectivity index (χ0) is 17.0. The van der Waals surface area contributed by atoms with Crippen molar-refractivity contribution in [3.05, 3.63) is 59.9 Å². The summed E-state index contributed by atoms with van der Waals surface area (Å²) in [6.07, 6.45) is 5.46. The summed E-state index contributed by atoms with van der Waals surface area (Å²) in [5.41, 5.74) is 2.93. The normalized spacial score (nSPS) is 9.83. The summed E-state index contributed by atoms with van der Waals surface area (Å²) in [4.78, 5) is 14.7. The lowest BCUT2D eigenvalue weighted by atomic mass is 10.1. The fourth-order valence-corrected chi connectivity index (χ4v) is 2.20. The number of hydrogen-bond acceptors (Lipinski definition) is 3. The topological polar surface area (TPSA) is 62.2 Å². The molecule has 0 saturated heterocycles. The molecule has 0 aliphatic heterocycles. The number of unbranched alkanes of at least 4 members (excludes halogenated alkanes) is 2. The van der Waals surface area contributed by atoms with Crippen molar-refractivity contribution in [3.8, 4) is 11.8 Å². The molecule has 0 aliphatic carbocycles. The molecule has 0 aliphatic rings. The summed E-state index contributed by atoms with van der Waals surface area (Å²) < 4.78 is 0. The molecule has 2 rings (SSSR count). The Hall–Kier alpha value is -2.80. The number of carboxylic acid groups (broad SMARTS) is 1. The second-order valence-electron chi connectivity index (χ2n) is 5.49. The number of aliphatic carboxylic acids is 1. The molecule has 0 amide bonds. The molecule has 0 saturated carbocycles. The van der Waals surface area contributed by atoms with Crippen molar-refractivity contribution in [2.75, 3.05) is 11.9 Å². The van der Waals surface area contributed by atoms with Gasteiger partial charge in [-0.15, -0.1) is 0 Å². The number of benzene rings is 1. The zero-order valence-corrected chi connectivity index (χ0v) is 13.7. The number of pyridine rings is 1. The first kappa shape index (κ1) is 17.6. The lowest BCUT2D eigenvalue weighted by Crippen LogP contribution is -2.01. The van der Waals surface area contributed by atoms with Crippen LogP contribution in [0.2, 0.25) is 0 Å². The van der Waals surface area contributed by atoms with Gasteiger partial charge >= 0.3 is 5.97 Å². The van der Waals surface area contributed by atoms with Crippen molar-refractivity contribution in [1.29, 1.82) is 0 Å². The highest BCUT2D eigenvalue weighted by molar-refractivity contribution is 5.67. The number of nitrogens with one attached hydrogen (secondary N) is 1. The van der Waals surface area contributed by atoms with Gasteiger partial charge in [0.25, 0.3) is 0 Å². The lowest BCUT2D eigenvalue weighted by Gasteiger charge is -2.06. The molecule has 1 aromatic heterocycles. The number of aryl methyl sites for hydroxylation is 1. The maximum Gasteiger partial charge on any atom is 0.303 e. The Kier molecular flexibility index (Phi) is 7.36. The minimum Gasteiger partial charge on any atom is -0.481 e. The second-order valence-corrected chi connectivity index (χ2v) is 5.49. The summed E-state index contributed by atoms with van der Waals surface area (Å²) in [5.74, 6) is 5.44. The molecule has 0 atom stereocenters. The van der Waals surface area contributed by atoms with E-state index in [1.807, 2.05) is 42.5 Å². The van der Waals surface area contributed by atoms with Crippen molar-refractivity contribution in [2.45, 2.75) is 32.1 Å². The number of aromatic nitrogens is 1. The van der Waals surface area contributed by atoms with Gasteiger partial charge in [-0.05, 0) is 55.0 Å². The molecular formula is C20H22N2O2. The molecule has 1 heterocycles. The van der Waals surface area contributed by atoms with Gasteiger partial charge in [-0.3, -0.25) is 4.79 Å². The number of hydrogen-bond donors (Lipinski definition) is 2. The number of rotatable bonds is 8. The van der Waals surface area contributed by atoms with Crippen LogP contribution >= 0.6 is 0 Å². The van der Waals surface area contributed by atoms with Gasteiger partial charge < -0.3 is 10.4 Å². The second kappa shape index (κ2) is 10.1. The predicted octanol–water partition coefficient (Wildman–Crippen LogP) is 3.73. The van der Waals surface area contributed by atoms with Crippen LogP contribution in [-0.4, -0.2) is 22.6 Å². The molecule has 0 radical (unpaired) electrons. The molecule has 0 bridgehead atoms. The van der Waals surface area contributed by atoms with Crippen molar-refractivity contribution >= 4 is 11.7 Å². The fraction of sp³-hybridized carbons (Fsp3) is 0.300. The fourth-order valence-electron chi connectivity index (χ4n) is 2.20. The summed E-state index contributed by atoms with van der Waals surface area (Å²) in [6.45, 7) is 0.903. The van der Waals surface area contributed by atoms with Gasteiger partial charge in [0.1, 0.15) is 5.69 Å². The van der Waals surface area contributed by atoms with E-state index in [1.165, 1.54) is 0 Å². The number of carbonyl (C=O) groups is 1. The molecule has 4 heteroatoms. The molecule has 0 fully saturated rings. The molecule has 0 unspecified atom stereocenters. The highest BCUT2D eigenvalue weighted by Gasteiger charge is 1.99. The highest BCUT2D eigenvalue weighted by atomic mass is 16.4. The van der Waals surface area contributed by atoms with E-state index in [2.05, 4.69) is 22.1 Å². The summed E-state index contributed by atoms with van der Waals surface area (Å²) in [7, 11) is 0. The standard InChI is InChI=1S/C20H22N2O2/c23-20(24)14-11-17-9-12-19(13-10-17)22-15-5-2-1-3-7-18-8-4-6-16-21-18/h4,6,8-10,12-13,16,22H,1-2,5,11,14-15H2,(H,23,24). The van der Waals surface area contributed by atoms with E-state index < -0.39 is 5.97 Å². The Morgan fingerprint density at radius 1 is 1.12 bits per heavy atom. The van der Waals surface area contributed by atoms with E-state index in [1.54, 1.807) is 6.20 Å². The molecule has 1 aromatic carbocycles. The number of carboxylic acids is 1. The number of anilines is 1. The van der Waals surface area contributed by atoms with Gasteiger partial charge in [-0.1, -0.05) is 24.1 Å². The van der Waals surface area contributed by atoms with E-state index in [0.29, 0.717) is 6.42 Å². The van der Waals surface area contributed by atoms with Gasteiger partial charge in [0.2, 0.25) is 0 Å². The van der Waals surface area contributed by atoms with Crippen LogP contribution in [-0.2, 0) is 11.2 Å². The van der Waals surface area contributed by atoms with Gasteiger partial charge in [0.15, 0.2) is 0 Å². The molecular weight excluding hydrogens is 300 g/mol. The first-order chi connectivity index (χ1) is 11.7. The predicted molar refractivity (Wildman–Crippen MR) is 95.9 cm³/mol. The molecule has 2 aromatic rings. The minimum absolute atomic E-state index is 0.173. The largest absolute Gasteiger partial charge is 0.481 e. The maximum absolute atomic E-state index is 10.5. The minimum atomic E-state index is -0.761. The Labute approximate surface area is 142 Å². The lowest BCUT2D eigenvalue weighted by molar-refractivity contribution is -0.136. The molecule has 2 N–H and O–H groups in total. The van der Waals surface area contributed by atoms with Crippen LogP contribution in [0.3, 0.4) is 0 Å². The zero-order valence-electron chi connectivity index (χ0n) is 13.7. The Morgan fingerprint density at radius 2 is 1.96 bits per heavy atom. The summed E-state index contributed by atoms with van der Waals surface area (Å²) >= 11 is 0. The summed E-state index contributed by atoms with van der Waals surface area (Å²) in [5, 5.41) is 12.0. The monoisotopic (exact) mass is 322 g/mol. The third-order valence-electron chi connectivity index (χ3n) is 3.52. The van der Waals surface area contributed by atoms with E-state index in [9.17, 15) is 4.79 Å². The third kappa shape index (κ3) is 6.97. The van der Waals surface area contributed by atoms with Crippen molar-refractivity contribution in [3.63, 3.8) is 0 Å². The third-order valence-corrected chi connectivity index (χ3v) is 3.52. The van der Waals surface area contributed by atoms with Crippen molar-refractivity contribution in [2.24, 2.45) is 0 Å². The van der Waals surface area contributed by atoms with Crippen LogP contribution in [0.25, 0.3) is 0 Å². The molecule has 4 nitrogen and oxygen atoms in total. The average molecular weight is 322 g/mol. The Balaban J connectivity index is 1.60. The van der Waals surface area contributed by atoms with Crippen LogP contribution in [0.1, 0.15) is 36.9 Å². The van der Waals surface area contributed by atoms with Crippen LogP contribution in [0.15, 0.2) is 48.7 Å². The maximum atomic E-state index is 10.5. The first-order valence-corrected chi connectivity index (χ1v) is 8.18. The molecule has 24 heavy (non-hydrogen) atoms. The first-order valence-electron chi connectivity index (χ1n) is 8.18. The molecule has 0 spiro atoms. The van der Waals surface area contributed by atoms with E-state index in [0.717, 1.165) is 42.8 Å². The Bertz CT molecular complexity index is 685. The smallest absolute Gasteiger partial charge is 0.303 e. The Morgan fingerprint density at radius 3 is 2.67 bits per heavy atom. The van der Waals surface area contributed by atoms with Gasteiger partial charge in [0, 0.05) is 31.3 Å². The van der Waals surface area contributed by atoms with Crippen LogP contribution in [0.5, 0.6) is 0 Å². The van der Waals surface area contributed by atoms with Gasteiger partial charge in [0.05, 0.1) is 0 Å². The average Bonchev–Trinajstić information content (AvgIpc) is 2.61. The summed E-state index contributed by atoms with van der Waals surface area (Å²) in [6, 6.07) is 13.7. The van der Waals surface area contributed by atoms with Gasteiger partial charge in [-0.25, -0.2) is 4.98 Å². The SMILES string of the molecule is O=C(O)CCc1ccc(NCCCCC#Cc2ccccn2)cc1. The number of nitrogens with zero attached hydrogens (tertiary/aromatic N) is 1. The van der Waals surface area contributed by atoms with Crippen LogP contribution in [0.4, 0.5) is 5.69 Å².